The summed E-state index contributed by atoms with van der Waals surface area (Å²) in [6.45, 7) is 5.70. The Kier molecular flexibility index (Phi) is 4.62. The van der Waals surface area contributed by atoms with Crippen LogP contribution in [0, 0.1) is 0 Å². The van der Waals surface area contributed by atoms with Gasteiger partial charge >= 0.3 is 56.5 Å². The molecule has 0 atom stereocenters. The van der Waals surface area contributed by atoms with Crippen molar-refractivity contribution >= 4 is 0 Å². The summed E-state index contributed by atoms with van der Waals surface area (Å²) in [7, 11) is 0. The van der Waals surface area contributed by atoms with Crippen LogP contribution in [-0.2, 0) is 24.9 Å². The molecule has 2 nitrogen and oxygen atoms in total. The van der Waals surface area contributed by atoms with Gasteiger partial charge in [0, 0.05) is 0 Å². The van der Waals surface area contributed by atoms with Crippen molar-refractivity contribution in [2.45, 2.75) is 31.6 Å². The normalized spacial score (nSPS) is 10.0. The second-order valence-corrected chi connectivity index (χ2v) is 4.53. The van der Waals surface area contributed by atoms with Gasteiger partial charge in [-0.05, 0) is 0 Å². The molecule has 0 aromatic rings. The Labute approximate surface area is 56.9 Å². The SMILES string of the molecule is C[CH2][Ti](=[O])[O]C(C)C. The van der Waals surface area contributed by atoms with Crippen LogP contribution >= 0.6 is 0 Å². The Bertz CT molecular complexity index is 80.5. The Morgan fingerprint density at radius 3 is 2.25 bits per heavy atom. The summed E-state index contributed by atoms with van der Waals surface area (Å²) in [4.78, 5) is 0. The van der Waals surface area contributed by atoms with Gasteiger partial charge in [0.2, 0.25) is 0 Å². The average molecular weight is 152 g/mol. The van der Waals surface area contributed by atoms with E-state index in [1.807, 2.05) is 20.8 Å². The minimum atomic E-state index is -2.22. The molecule has 48 valence electrons. The van der Waals surface area contributed by atoms with E-state index in [1.54, 1.807) is 0 Å². The van der Waals surface area contributed by atoms with Crippen molar-refractivity contribution in [3.8, 4) is 0 Å². The van der Waals surface area contributed by atoms with Crippen molar-refractivity contribution in [1.29, 1.82) is 0 Å². The van der Waals surface area contributed by atoms with Crippen LogP contribution in [0.5, 0.6) is 0 Å². The van der Waals surface area contributed by atoms with Crippen LogP contribution in [0.1, 0.15) is 20.8 Å². The van der Waals surface area contributed by atoms with E-state index in [2.05, 4.69) is 0 Å². The standard InChI is InChI=1S/C3H7O.C2H5.O.Ti/c1-3(2)4;1-2;;/h3H,1-2H3;1H2,2H3;;/q-1;;;+1. The molecule has 0 spiro atoms. The van der Waals surface area contributed by atoms with E-state index >= 15 is 0 Å². The van der Waals surface area contributed by atoms with Gasteiger partial charge in [-0.1, -0.05) is 0 Å². The van der Waals surface area contributed by atoms with E-state index in [0.717, 1.165) is 4.73 Å². The first-order valence-electron chi connectivity index (χ1n) is 2.86. The molecule has 0 aliphatic heterocycles. The molecule has 0 aromatic carbocycles. The van der Waals surface area contributed by atoms with Gasteiger partial charge in [-0.25, -0.2) is 0 Å². The summed E-state index contributed by atoms with van der Waals surface area (Å²) in [5.41, 5.74) is 0. The second kappa shape index (κ2) is 4.36. The van der Waals surface area contributed by atoms with E-state index in [4.69, 9.17) is 3.32 Å². The van der Waals surface area contributed by atoms with Crippen LogP contribution in [0.25, 0.3) is 0 Å². The monoisotopic (exact) mass is 152 g/mol. The first-order valence-corrected chi connectivity index (χ1v) is 5.24. The first-order chi connectivity index (χ1) is 3.66. The van der Waals surface area contributed by atoms with Crippen LogP contribution in [-0.4, -0.2) is 6.10 Å². The summed E-state index contributed by atoms with van der Waals surface area (Å²) in [6.07, 6.45) is 0.141. The molecule has 0 rings (SSSR count). The summed E-state index contributed by atoms with van der Waals surface area (Å²) in [5.74, 6) is 0. The van der Waals surface area contributed by atoms with Crippen molar-refractivity contribution < 1.29 is 24.9 Å². The average Bonchev–Trinajstić information content (AvgIpc) is 1.65. The molecule has 0 aromatic heterocycles. The molecule has 8 heavy (non-hydrogen) atoms. The third-order valence-corrected chi connectivity index (χ3v) is 2.70. The van der Waals surface area contributed by atoms with Gasteiger partial charge in [0.05, 0.1) is 0 Å². The molecular formula is C5H12O2Ti. The molecule has 0 bridgehead atoms. The van der Waals surface area contributed by atoms with Crippen LogP contribution < -0.4 is 0 Å². The van der Waals surface area contributed by atoms with E-state index in [9.17, 15) is 3.32 Å². The fourth-order valence-corrected chi connectivity index (χ4v) is 1.43. The Balaban J connectivity index is 3.25. The minimum absolute atomic E-state index is 0.141. The summed E-state index contributed by atoms with van der Waals surface area (Å²) in [6, 6.07) is 0. The van der Waals surface area contributed by atoms with Crippen LogP contribution in [0.4, 0.5) is 0 Å². The van der Waals surface area contributed by atoms with Crippen molar-refractivity contribution in [1.82, 2.24) is 0 Å². The molecule has 0 N–H and O–H groups in total. The van der Waals surface area contributed by atoms with Gasteiger partial charge in [0.25, 0.3) is 0 Å². The van der Waals surface area contributed by atoms with Crippen LogP contribution in [0.15, 0.2) is 0 Å². The second-order valence-electron chi connectivity index (χ2n) is 1.89. The van der Waals surface area contributed by atoms with Crippen molar-refractivity contribution in [3.05, 3.63) is 0 Å². The van der Waals surface area contributed by atoms with Crippen molar-refractivity contribution in [2.75, 3.05) is 0 Å². The molecule has 0 amide bonds. The third kappa shape index (κ3) is 4.63. The number of hydrogen-bond acceptors (Lipinski definition) is 2. The number of rotatable bonds is 3. The Morgan fingerprint density at radius 1 is 1.62 bits per heavy atom. The van der Waals surface area contributed by atoms with E-state index in [-0.39, 0.29) is 6.10 Å². The maximum absolute atomic E-state index is 10.6. The fourth-order valence-electron chi connectivity index (χ4n) is 0.346. The van der Waals surface area contributed by atoms with E-state index in [1.165, 1.54) is 0 Å². The topological polar surface area (TPSA) is 26.3 Å². The van der Waals surface area contributed by atoms with Crippen molar-refractivity contribution in [3.63, 3.8) is 0 Å². The summed E-state index contributed by atoms with van der Waals surface area (Å²) in [5, 5.41) is 0. The molecule has 0 unspecified atom stereocenters. The predicted octanol–water partition coefficient (Wildman–Crippen LogP) is 1.73. The Hall–Kier alpha value is 0.474. The van der Waals surface area contributed by atoms with Crippen LogP contribution in [0.2, 0.25) is 4.73 Å². The van der Waals surface area contributed by atoms with Gasteiger partial charge in [-0.2, -0.15) is 0 Å². The van der Waals surface area contributed by atoms with E-state index in [0.29, 0.717) is 0 Å². The molecule has 0 heterocycles. The molecular weight excluding hydrogens is 140 g/mol. The van der Waals surface area contributed by atoms with Gasteiger partial charge in [-0.3, -0.25) is 0 Å². The number of hydrogen-bond donors (Lipinski definition) is 0. The van der Waals surface area contributed by atoms with Crippen LogP contribution in [0.3, 0.4) is 0 Å². The third-order valence-electron chi connectivity index (χ3n) is 0.656. The zero-order valence-corrected chi connectivity index (χ0v) is 7.16. The summed E-state index contributed by atoms with van der Waals surface area (Å²) >= 11 is -2.22. The molecule has 0 aliphatic rings. The van der Waals surface area contributed by atoms with E-state index < -0.39 is 18.2 Å². The first kappa shape index (κ1) is 8.47. The quantitative estimate of drug-likeness (QED) is 0.575. The molecule has 0 fully saturated rings. The van der Waals surface area contributed by atoms with Gasteiger partial charge in [-0.15, -0.1) is 0 Å². The van der Waals surface area contributed by atoms with Gasteiger partial charge < -0.3 is 0 Å². The molecule has 0 aliphatic carbocycles. The molecule has 0 radical (unpaired) electrons. The molecule has 0 saturated carbocycles. The van der Waals surface area contributed by atoms with Crippen molar-refractivity contribution in [2.24, 2.45) is 0 Å². The zero-order valence-electron chi connectivity index (χ0n) is 5.60. The molecule has 0 saturated heterocycles. The van der Waals surface area contributed by atoms with Gasteiger partial charge in [0.15, 0.2) is 0 Å². The summed E-state index contributed by atoms with van der Waals surface area (Å²) < 4.78 is 16.4. The zero-order chi connectivity index (χ0) is 6.57. The maximum atomic E-state index is 10.6. The van der Waals surface area contributed by atoms with Gasteiger partial charge in [0.1, 0.15) is 0 Å². The Morgan fingerprint density at radius 2 is 2.12 bits per heavy atom. The molecule has 3 heteroatoms. The predicted molar refractivity (Wildman–Crippen MR) is 27.4 cm³/mol. The fraction of sp³-hybridized carbons (Fsp3) is 1.00.